The van der Waals surface area contributed by atoms with Crippen molar-refractivity contribution in [1.82, 2.24) is 0 Å². The molecule has 0 fully saturated rings. The van der Waals surface area contributed by atoms with E-state index < -0.39 is 0 Å². The molecule has 0 bridgehead atoms. The molecule has 128 valence electrons. The van der Waals surface area contributed by atoms with Crippen LogP contribution in [0.15, 0.2) is 96.0 Å². The molecule has 5 rings (SSSR count). The lowest BCUT2D eigenvalue weighted by Crippen LogP contribution is -1.83. The van der Waals surface area contributed by atoms with Gasteiger partial charge in [0.25, 0.3) is 0 Å². The van der Waals surface area contributed by atoms with E-state index in [1.807, 2.05) is 18.3 Å². The minimum absolute atomic E-state index is 0.259. The first-order valence-electron chi connectivity index (χ1n) is 8.96. The topological polar surface area (TPSA) is 32.6 Å². The molecule has 0 radical (unpaired) electrons. The van der Waals surface area contributed by atoms with E-state index in [2.05, 4.69) is 66.7 Å². The van der Waals surface area contributed by atoms with Gasteiger partial charge in [-0.3, -0.25) is 4.99 Å². The van der Waals surface area contributed by atoms with Gasteiger partial charge in [-0.25, -0.2) is 0 Å². The summed E-state index contributed by atoms with van der Waals surface area (Å²) in [6.45, 7) is 0. The smallest absolute Gasteiger partial charge is 0.115 e. The van der Waals surface area contributed by atoms with E-state index in [1.165, 1.54) is 26.9 Å². The predicted octanol–water partition coefficient (Wildman–Crippen LogP) is 6.60. The highest BCUT2D eigenvalue weighted by Crippen LogP contribution is 2.37. The SMILES string of the molecule is Oc1ccc(C=Nc2cc3c4ccccc4ccc3c3ccccc23)cc1. The van der Waals surface area contributed by atoms with Gasteiger partial charge in [0.2, 0.25) is 0 Å². The maximum Gasteiger partial charge on any atom is 0.115 e. The zero-order valence-corrected chi connectivity index (χ0v) is 14.6. The number of benzene rings is 5. The lowest BCUT2D eigenvalue weighted by Gasteiger charge is -2.10. The molecule has 5 aromatic rings. The van der Waals surface area contributed by atoms with Crippen molar-refractivity contribution in [2.75, 3.05) is 0 Å². The van der Waals surface area contributed by atoms with Crippen molar-refractivity contribution >= 4 is 44.2 Å². The first-order valence-corrected chi connectivity index (χ1v) is 8.96. The Hall–Kier alpha value is -3.65. The summed E-state index contributed by atoms with van der Waals surface area (Å²) in [6.07, 6.45) is 1.85. The second kappa shape index (κ2) is 6.26. The van der Waals surface area contributed by atoms with E-state index in [0.717, 1.165) is 16.6 Å². The second-order valence-corrected chi connectivity index (χ2v) is 6.67. The maximum absolute atomic E-state index is 9.46. The number of fused-ring (bicyclic) bond motifs is 5. The average molecular weight is 347 g/mol. The monoisotopic (exact) mass is 347 g/mol. The molecule has 0 aliphatic heterocycles. The van der Waals surface area contributed by atoms with E-state index >= 15 is 0 Å². The third kappa shape index (κ3) is 2.72. The largest absolute Gasteiger partial charge is 0.508 e. The van der Waals surface area contributed by atoms with Crippen molar-refractivity contribution in [2.24, 2.45) is 4.99 Å². The molecule has 0 spiro atoms. The Balaban J connectivity index is 1.79. The van der Waals surface area contributed by atoms with E-state index in [-0.39, 0.29) is 5.75 Å². The lowest BCUT2D eigenvalue weighted by atomic mass is 9.96. The van der Waals surface area contributed by atoms with Crippen molar-refractivity contribution in [3.8, 4) is 5.75 Å². The highest BCUT2D eigenvalue weighted by atomic mass is 16.3. The van der Waals surface area contributed by atoms with Crippen molar-refractivity contribution in [1.29, 1.82) is 0 Å². The van der Waals surface area contributed by atoms with Gasteiger partial charge in [0.1, 0.15) is 5.75 Å². The van der Waals surface area contributed by atoms with Crippen molar-refractivity contribution in [3.63, 3.8) is 0 Å². The van der Waals surface area contributed by atoms with Crippen LogP contribution in [0.1, 0.15) is 5.56 Å². The third-order valence-electron chi connectivity index (χ3n) is 4.99. The number of aliphatic imine (C=N–C) groups is 1. The molecule has 5 aromatic carbocycles. The predicted molar refractivity (Wildman–Crippen MR) is 114 cm³/mol. The van der Waals surface area contributed by atoms with Crippen LogP contribution in [0.2, 0.25) is 0 Å². The van der Waals surface area contributed by atoms with Gasteiger partial charge in [-0.2, -0.15) is 0 Å². The molecule has 0 unspecified atom stereocenters. The molecule has 2 heteroatoms. The summed E-state index contributed by atoms with van der Waals surface area (Å²) in [5, 5.41) is 16.7. The molecule has 27 heavy (non-hydrogen) atoms. The Morgan fingerprint density at radius 2 is 1.26 bits per heavy atom. The van der Waals surface area contributed by atoms with Gasteiger partial charge in [0.05, 0.1) is 5.69 Å². The number of hydrogen-bond donors (Lipinski definition) is 1. The fourth-order valence-electron chi connectivity index (χ4n) is 3.65. The van der Waals surface area contributed by atoms with Crippen LogP contribution in [-0.4, -0.2) is 11.3 Å². The van der Waals surface area contributed by atoms with Crippen LogP contribution >= 0.6 is 0 Å². The van der Waals surface area contributed by atoms with Gasteiger partial charge in [-0.05, 0) is 62.8 Å². The fourth-order valence-corrected chi connectivity index (χ4v) is 3.65. The standard InChI is InChI=1S/C25H17NO/c27-19-12-9-17(10-13-19)16-26-25-15-24-20-6-2-1-5-18(20)11-14-22(24)21-7-3-4-8-23(21)25/h1-16,27H. The maximum atomic E-state index is 9.46. The minimum Gasteiger partial charge on any atom is -0.508 e. The molecular weight excluding hydrogens is 330 g/mol. The molecule has 0 amide bonds. The zero-order valence-electron chi connectivity index (χ0n) is 14.6. The van der Waals surface area contributed by atoms with Crippen molar-refractivity contribution < 1.29 is 5.11 Å². The first kappa shape index (κ1) is 15.6. The molecule has 0 aliphatic carbocycles. The number of phenols is 1. The van der Waals surface area contributed by atoms with E-state index in [1.54, 1.807) is 12.1 Å². The van der Waals surface area contributed by atoms with E-state index in [0.29, 0.717) is 0 Å². The summed E-state index contributed by atoms with van der Waals surface area (Å²) in [7, 11) is 0. The number of aromatic hydroxyl groups is 1. The Bertz CT molecular complexity index is 1320. The molecule has 0 aliphatic rings. The van der Waals surface area contributed by atoms with Gasteiger partial charge in [0, 0.05) is 11.6 Å². The third-order valence-corrected chi connectivity index (χ3v) is 4.99. The Kier molecular flexibility index (Phi) is 3.61. The molecule has 0 atom stereocenters. The van der Waals surface area contributed by atoms with Gasteiger partial charge < -0.3 is 5.11 Å². The Morgan fingerprint density at radius 1 is 0.593 bits per heavy atom. The molecule has 0 aromatic heterocycles. The quantitative estimate of drug-likeness (QED) is 0.283. The van der Waals surface area contributed by atoms with Crippen LogP contribution in [0.4, 0.5) is 5.69 Å². The van der Waals surface area contributed by atoms with E-state index in [9.17, 15) is 5.11 Å². The second-order valence-electron chi connectivity index (χ2n) is 6.67. The minimum atomic E-state index is 0.259. The molecule has 0 heterocycles. The highest BCUT2D eigenvalue weighted by molar-refractivity contribution is 6.20. The fraction of sp³-hybridized carbons (Fsp3) is 0. The summed E-state index contributed by atoms with van der Waals surface area (Å²) in [5.74, 6) is 0.259. The van der Waals surface area contributed by atoms with Crippen LogP contribution < -0.4 is 0 Å². The summed E-state index contributed by atoms with van der Waals surface area (Å²) < 4.78 is 0. The highest BCUT2D eigenvalue weighted by Gasteiger charge is 2.08. The van der Waals surface area contributed by atoms with Gasteiger partial charge >= 0.3 is 0 Å². The summed E-state index contributed by atoms with van der Waals surface area (Å²) >= 11 is 0. The molecule has 2 nitrogen and oxygen atoms in total. The molecular formula is C25H17NO. The summed E-state index contributed by atoms with van der Waals surface area (Å²) in [5.41, 5.74) is 1.90. The number of rotatable bonds is 2. The number of nitrogens with zero attached hydrogens (tertiary/aromatic N) is 1. The average Bonchev–Trinajstić information content (AvgIpc) is 2.73. The number of hydrogen-bond acceptors (Lipinski definition) is 2. The lowest BCUT2D eigenvalue weighted by molar-refractivity contribution is 0.475. The van der Waals surface area contributed by atoms with Crippen LogP contribution in [0.25, 0.3) is 32.3 Å². The van der Waals surface area contributed by atoms with Gasteiger partial charge in [0.15, 0.2) is 0 Å². The molecule has 0 saturated carbocycles. The summed E-state index contributed by atoms with van der Waals surface area (Å²) in [6, 6.07) is 30.5. The number of phenolic OH excluding ortho intramolecular Hbond substituents is 1. The van der Waals surface area contributed by atoms with Crippen molar-refractivity contribution in [2.45, 2.75) is 0 Å². The van der Waals surface area contributed by atoms with E-state index in [4.69, 9.17) is 4.99 Å². The van der Waals surface area contributed by atoms with Crippen LogP contribution in [-0.2, 0) is 0 Å². The Labute approximate surface area is 157 Å². The van der Waals surface area contributed by atoms with Crippen LogP contribution in [0, 0.1) is 0 Å². The first-order chi connectivity index (χ1) is 13.3. The van der Waals surface area contributed by atoms with Crippen LogP contribution in [0.5, 0.6) is 5.75 Å². The summed E-state index contributed by atoms with van der Waals surface area (Å²) in [4.78, 5) is 4.78. The normalized spacial score (nSPS) is 11.7. The van der Waals surface area contributed by atoms with Gasteiger partial charge in [-0.1, -0.05) is 60.7 Å². The molecule has 0 saturated heterocycles. The zero-order chi connectivity index (χ0) is 18.2. The van der Waals surface area contributed by atoms with Gasteiger partial charge in [-0.15, -0.1) is 0 Å². The van der Waals surface area contributed by atoms with Crippen molar-refractivity contribution in [3.05, 3.63) is 96.6 Å². The van der Waals surface area contributed by atoms with Crippen LogP contribution in [0.3, 0.4) is 0 Å². The Morgan fingerprint density at radius 3 is 2.07 bits per heavy atom. The molecule has 1 N–H and O–H groups in total.